The third-order valence-corrected chi connectivity index (χ3v) is 7.25. The number of aliphatic hydroxyl groups is 3. The van der Waals surface area contributed by atoms with E-state index < -0.39 is 24.2 Å². The molecule has 3 aromatic rings. The molecule has 3 heterocycles. The van der Waals surface area contributed by atoms with Gasteiger partial charge in [0.2, 0.25) is 5.95 Å². The van der Waals surface area contributed by atoms with Crippen LogP contribution in [0.3, 0.4) is 0 Å². The molecule has 1 unspecified atom stereocenters. The Hall–Kier alpha value is -2.44. The van der Waals surface area contributed by atoms with Crippen LogP contribution in [0, 0.1) is 12.8 Å². The molecule has 34 heavy (non-hydrogen) atoms. The van der Waals surface area contributed by atoms with Gasteiger partial charge in [0, 0.05) is 31.9 Å². The summed E-state index contributed by atoms with van der Waals surface area (Å²) in [6.45, 7) is 6.93. The number of aliphatic hydroxyl groups excluding tert-OH is 3. The minimum absolute atomic E-state index is 0.0406. The van der Waals surface area contributed by atoms with Crippen LogP contribution < -0.4 is 10.6 Å². The van der Waals surface area contributed by atoms with Crippen LogP contribution in [-0.4, -0.2) is 79.4 Å². The predicted molar refractivity (Wildman–Crippen MR) is 132 cm³/mol. The smallest absolute Gasteiger partial charge is 0.224 e. The first-order chi connectivity index (χ1) is 16.4. The van der Waals surface area contributed by atoms with E-state index >= 15 is 0 Å². The quantitative estimate of drug-likeness (QED) is 0.288. The van der Waals surface area contributed by atoms with Crippen molar-refractivity contribution in [2.24, 2.45) is 5.92 Å². The SMILES string of the molecule is CCOC(CC)CNc1nc(C)c(-c2nc3cnccc3s2)c(N[C@@H]2C[C@H](CO)[C@@H](O)[C@H]2O)n1. The highest BCUT2D eigenvalue weighted by Crippen LogP contribution is 2.37. The normalized spacial score (nSPS) is 23.4. The Balaban J connectivity index is 1.69. The van der Waals surface area contributed by atoms with Crippen molar-refractivity contribution in [2.45, 2.75) is 58.0 Å². The largest absolute Gasteiger partial charge is 0.396 e. The number of pyridine rings is 1. The summed E-state index contributed by atoms with van der Waals surface area (Å²) in [5.41, 5.74) is 2.25. The summed E-state index contributed by atoms with van der Waals surface area (Å²) in [5, 5.41) is 37.8. The van der Waals surface area contributed by atoms with E-state index in [1.54, 1.807) is 12.4 Å². The molecule has 0 spiro atoms. The molecule has 5 atom stereocenters. The van der Waals surface area contributed by atoms with Gasteiger partial charge in [-0.05, 0) is 32.8 Å². The second kappa shape index (κ2) is 10.9. The molecular weight excluding hydrogens is 456 g/mol. The topological polar surface area (TPSA) is 146 Å². The first-order valence-corrected chi connectivity index (χ1v) is 12.4. The van der Waals surface area contributed by atoms with Gasteiger partial charge in [-0.2, -0.15) is 4.98 Å². The number of nitrogens with one attached hydrogen (secondary N) is 2. The van der Waals surface area contributed by atoms with Crippen molar-refractivity contribution in [2.75, 3.05) is 30.4 Å². The molecular formula is C23H32N6O4S. The summed E-state index contributed by atoms with van der Waals surface area (Å²) in [7, 11) is 0. The second-order valence-electron chi connectivity index (χ2n) is 8.50. The molecule has 5 N–H and O–H groups in total. The Labute approximate surface area is 202 Å². The minimum Gasteiger partial charge on any atom is -0.396 e. The molecule has 11 heteroatoms. The number of anilines is 2. The number of aryl methyl sites for hydroxylation is 1. The fourth-order valence-electron chi connectivity index (χ4n) is 4.29. The zero-order valence-corrected chi connectivity index (χ0v) is 20.4. The van der Waals surface area contributed by atoms with E-state index in [4.69, 9.17) is 14.7 Å². The standard InChI is InChI=1S/C23H32N6O4S/c1-4-14(33-5-2)9-25-23-26-12(3)18(22-28-16-10-24-7-6-17(16)34-22)21(29-23)27-15-8-13(11-30)19(31)20(15)32/h6-7,10,13-15,19-20,30-32H,4-5,8-9,11H2,1-3H3,(H2,25,26,27,29)/t13-,14?,15-,19-,20+/m1/s1. The molecule has 1 aliphatic rings. The van der Waals surface area contributed by atoms with E-state index in [1.807, 2.05) is 19.9 Å². The molecule has 184 valence electrons. The van der Waals surface area contributed by atoms with Crippen molar-refractivity contribution >= 4 is 33.3 Å². The molecule has 0 radical (unpaired) electrons. The number of nitrogens with zero attached hydrogens (tertiary/aromatic N) is 4. The molecule has 0 amide bonds. The molecule has 3 aromatic heterocycles. The van der Waals surface area contributed by atoms with Crippen molar-refractivity contribution in [3.63, 3.8) is 0 Å². The van der Waals surface area contributed by atoms with Gasteiger partial charge in [-0.25, -0.2) is 9.97 Å². The maximum Gasteiger partial charge on any atom is 0.224 e. The lowest BCUT2D eigenvalue weighted by Gasteiger charge is -2.22. The van der Waals surface area contributed by atoms with Crippen molar-refractivity contribution < 1.29 is 20.1 Å². The van der Waals surface area contributed by atoms with Crippen molar-refractivity contribution in [1.82, 2.24) is 19.9 Å². The van der Waals surface area contributed by atoms with Crippen LogP contribution in [0.2, 0.25) is 0 Å². The lowest BCUT2D eigenvalue weighted by atomic mass is 10.1. The summed E-state index contributed by atoms with van der Waals surface area (Å²) >= 11 is 1.51. The molecule has 10 nitrogen and oxygen atoms in total. The summed E-state index contributed by atoms with van der Waals surface area (Å²) in [6.07, 6.45) is 2.73. The van der Waals surface area contributed by atoms with Crippen molar-refractivity contribution in [3.05, 3.63) is 24.2 Å². The summed E-state index contributed by atoms with van der Waals surface area (Å²) in [4.78, 5) is 18.3. The van der Waals surface area contributed by atoms with Crippen LogP contribution in [0.4, 0.5) is 11.8 Å². The summed E-state index contributed by atoms with van der Waals surface area (Å²) in [5.74, 6) is 0.555. The number of ether oxygens (including phenoxy) is 1. The average molecular weight is 489 g/mol. The van der Waals surface area contributed by atoms with Crippen LogP contribution in [0.15, 0.2) is 18.5 Å². The average Bonchev–Trinajstić information content (AvgIpc) is 3.37. The van der Waals surface area contributed by atoms with Gasteiger partial charge in [-0.3, -0.25) is 4.98 Å². The zero-order valence-electron chi connectivity index (χ0n) is 19.6. The Bertz CT molecular complexity index is 1080. The zero-order chi connectivity index (χ0) is 24.2. The number of thiazole rings is 1. The monoisotopic (exact) mass is 488 g/mol. The van der Waals surface area contributed by atoms with Gasteiger partial charge >= 0.3 is 0 Å². The number of fused-ring (bicyclic) bond motifs is 1. The fraction of sp³-hybridized carbons (Fsp3) is 0.565. The number of rotatable bonds is 10. The first-order valence-electron chi connectivity index (χ1n) is 11.6. The van der Waals surface area contributed by atoms with E-state index in [1.165, 1.54) is 11.3 Å². The Morgan fingerprint density at radius 1 is 1.21 bits per heavy atom. The fourth-order valence-corrected chi connectivity index (χ4v) is 5.32. The first kappa shape index (κ1) is 24.7. The third kappa shape index (κ3) is 5.13. The Morgan fingerprint density at radius 3 is 2.71 bits per heavy atom. The lowest BCUT2D eigenvalue weighted by Crippen LogP contribution is -2.36. The van der Waals surface area contributed by atoms with Gasteiger partial charge in [0.25, 0.3) is 0 Å². The highest BCUT2D eigenvalue weighted by atomic mass is 32.1. The number of hydrogen-bond acceptors (Lipinski definition) is 11. The molecule has 1 fully saturated rings. The Kier molecular flexibility index (Phi) is 7.89. The minimum atomic E-state index is -1.03. The van der Waals surface area contributed by atoms with Crippen LogP contribution in [0.25, 0.3) is 20.8 Å². The van der Waals surface area contributed by atoms with Gasteiger partial charge in [0.1, 0.15) is 22.4 Å². The van der Waals surface area contributed by atoms with E-state index in [0.29, 0.717) is 31.3 Å². The van der Waals surface area contributed by atoms with E-state index in [0.717, 1.165) is 32.9 Å². The molecule has 1 aliphatic carbocycles. The number of aromatic nitrogens is 4. The Morgan fingerprint density at radius 2 is 2.03 bits per heavy atom. The van der Waals surface area contributed by atoms with Crippen molar-refractivity contribution in [3.8, 4) is 10.6 Å². The van der Waals surface area contributed by atoms with Gasteiger partial charge < -0.3 is 30.7 Å². The maximum atomic E-state index is 10.6. The van der Waals surface area contributed by atoms with E-state index in [2.05, 4.69) is 27.5 Å². The van der Waals surface area contributed by atoms with E-state index in [-0.39, 0.29) is 12.7 Å². The van der Waals surface area contributed by atoms with Crippen molar-refractivity contribution in [1.29, 1.82) is 0 Å². The lowest BCUT2D eigenvalue weighted by molar-refractivity contribution is 0.00446. The van der Waals surface area contributed by atoms with E-state index in [9.17, 15) is 15.3 Å². The molecule has 0 aromatic carbocycles. The molecule has 4 rings (SSSR count). The van der Waals surface area contributed by atoms with Gasteiger partial charge in [0.05, 0.1) is 40.4 Å². The predicted octanol–water partition coefficient (Wildman–Crippen LogP) is 2.20. The van der Waals surface area contributed by atoms with Crippen LogP contribution >= 0.6 is 11.3 Å². The maximum absolute atomic E-state index is 10.6. The van der Waals surface area contributed by atoms with Gasteiger partial charge in [0.15, 0.2) is 0 Å². The summed E-state index contributed by atoms with van der Waals surface area (Å²) in [6, 6.07) is 1.44. The van der Waals surface area contributed by atoms with Gasteiger partial charge in [-0.1, -0.05) is 6.92 Å². The second-order valence-corrected chi connectivity index (χ2v) is 9.53. The molecule has 0 saturated heterocycles. The third-order valence-electron chi connectivity index (χ3n) is 6.20. The van der Waals surface area contributed by atoms with Crippen LogP contribution in [0.1, 0.15) is 32.4 Å². The highest BCUT2D eigenvalue weighted by Gasteiger charge is 2.41. The molecule has 1 saturated carbocycles. The van der Waals surface area contributed by atoms with Crippen LogP contribution in [0.5, 0.6) is 0 Å². The molecule has 0 aliphatic heterocycles. The number of hydrogen-bond donors (Lipinski definition) is 5. The summed E-state index contributed by atoms with van der Waals surface area (Å²) < 4.78 is 6.72. The van der Waals surface area contributed by atoms with Gasteiger partial charge in [-0.15, -0.1) is 11.3 Å². The molecule has 0 bridgehead atoms. The highest BCUT2D eigenvalue weighted by molar-refractivity contribution is 7.21. The van der Waals surface area contributed by atoms with Crippen LogP contribution in [-0.2, 0) is 4.74 Å².